The van der Waals surface area contributed by atoms with E-state index in [1.165, 1.54) is 12.2 Å². The van der Waals surface area contributed by atoms with Gasteiger partial charge in [0.15, 0.2) is 0 Å². The first-order chi connectivity index (χ1) is 8.03. The van der Waals surface area contributed by atoms with Crippen molar-refractivity contribution in [3.05, 3.63) is 63.2 Å². The monoisotopic (exact) mass is 253 g/mol. The van der Waals surface area contributed by atoms with Crippen molar-refractivity contribution < 1.29 is 9.31 Å². The summed E-state index contributed by atoms with van der Waals surface area (Å²) in [4.78, 5) is 9.58. The molecule has 0 radical (unpaired) electrons. The summed E-state index contributed by atoms with van der Waals surface area (Å²) in [5, 5.41) is 11.0. The Morgan fingerprint density at radius 2 is 2.12 bits per heavy atom. The van der Waals surface area contributed by atoms with Crippen LogP contribution in [0.1, 0.15) is 12.0 Å². The minimum absolute atomic E-state index is 0.281. The Bertz CT molecular complexity index is 527. The van der Waals surface area contributed by atoms with Crippen LogP contribution in [0.2, 0.25) is 5.02 Å². The van der Waals surface area contributed by atoms with Crippen molar-refractivity contribution in [1.29, 1.82) is 0 Å². The van der Waals surface area contributed by atoms with Crippen LogP contribution in [0, 0.1) is 10.1 Å². The third kappa shape index (κ3) is 2.22. The Labute approximate surface area is 102 Å². The average molecular weight is 254 g/mol. The number of benzene rings is 1. The molecule has 1 aromatic rings. The number of nitro groups is 1. The number of rotatable bonds is 2. The van der Waals surface area contributed by atoms with E-state index in [1.807, 2.05) is 0 Å². The lowest BCUT2D eigenvalue weighted by Crippen LogP contribution is -2.31. The van der Waals surface area contributed by atoms with Gasteiger partial charge in [-0.05, 0) is 23.3 Å². The fourth-order valence-corrected chi connectivity index (χ4v) is 1.88. The molecular weight excluding hydrogens is 245 g/mol. The summed E-state index contributed by atoms with van der Waals surface area (Å²) in [6.07, 6.45) is 3.57. The highest BCUT2D eigenvalue weighted by Gasteiger charge is 2.40. The fraction of sp³-hybridized carbons (Fsp3) is 0.167. The van der Waals surface area contributed by atoms with Gasteiger partial charge in [0.25, 0.3) is 0 Å². The smallest absolute Gasteiger partial charge is 0.261 e. The molecule has 0 saturated heterocycles. The lowest BCUT2D eigenvalue weighted by atomic mass is 9.96. The molecule has 0 amide bonds. The lowest BCUT2D eigenvalue weighted by molar-refractivity contribution is -0.588. The van der Waals surface area contributed by atoms with Crippen LogP contribution in [0.5, 0.6) is 0 Å². The van der Waals surface area contributed by atoms with Crippen LogP contribution in [0.15, 0.2) is 42.5 Å². The first-order valence-electron chi connectivity index (χ1n) is 5.01. The predicted molar refractivity (Wildman–Crippen MR) is 64.0 cm³/mol. The van der Waals surface area contributed by atoms with Gasteiger partial charge in [0.05, 0.1) is 11.3 Å². The van der Waals surface area contributed by atoms with Gasteiger partial charge in [-0.3, -0.25) is 10.1 Å². The van der Waals surface area contributed by atoms with Crippen LogP contribution in [-0.2, 0) is 0 Å². The Morgan fingerprint density at radius 1 is 1.41 bits per heavy atom. The summed E-state index contributed by atoms with van der Waals surface area (Å²) in [6, 6.07) is 7.10. The first kappa shape index (κ1) is 11.8. The topological polar surface area (TPSA) is 43.1 Å². The summed E-state index contributed by atoms with van der Waals surface area (Å²) in [5.41, 5.74) is 1.45. The van der Waals surface area contributed by atoms with E-state index in [9.17, 15) is 14.5 Å². The van der Waals surface area contributed by atoms with Gasteiger partial charge in [-0.25, -0.2) is 0 Å². The second-order valence-corrected chi connectivity index (χ2v) is 4.16. The zero-order valence-electron chi connectivity index (χ0n) is 8.77. The van der Waals surface area contributed by atoms with Crippen molar-refractivity contribution in [2.45, 2.75) is 12.2 Å². The molecule has 17 heavy (non-hydrogen) atoms. The molecule has 2 rings (SSSR count). The standard InChI is InChI=1S/C12H9ClFNO2/c13-11-4-2-1-3-10(11)9-5-7-12(14,8-6-9)15(16)17/h1-7H,8H2. The number of hydrogen-bond donors (Lipinski definition) is 0. The minimum atomic E-state index is -2.50. The van der Waals surface area contributed by atoms with Gasteiger partial charge in [0.1, 0.15) is 0 Å². The zero-order chi connectivity index (χ0) is 12.5. The van der Waals surface area contributed by atoms with Gasteiger partial charge in [-0.15, -0.1) is 0 Å². The molecule has 1 unspecified atom stereocenters. The molecule has 0 spiro atoms. The van der Waals surface area contributed by atoms with Crippen LogP contribution in [0.3, 0.4) is 0 Å². The molecule has 0 fully saturated rings. The van der Waals surface area contributed by atoms with E-state index in [2.05, 4.69) is 0 Å². The number of hydrogen-bond acceptors (Lipinski definition) is 2. The largest absolute Gasteiger partial charge is 0.381 e. The van der Waals surface area contributed by atoms with E-state index < -0.39 is 10.7 Å². The summed E-state index contributed by atoms with van der Waals surface area (Å²) in [5.74, 6) is -2.50. The van der Waals surface area contributed by atoms with Gasteiger partial charge in [0, 0.05) is 11.1 Å². The van der Waals surface area contributed by atoms with Gasteiger partial charge in [0.2, 0.25) is 0 Å². The van der Waals surface area contributed by atoms with E-state index in [0.717, 1.165) is 11.6 Å². The predicted octanol–water partition coefficient (Wildman–Crippen LogP) is 3.63. The molecule has 1 aliphatic carbocycles. The van der Waals surface area contributed by atoms with E-state index in [1.54, 1.807) is 24.3 Å². The number of halogens is 2. The average Bonchev–Trinajstić information content (AvgIpc) is 2.31. The van der Waals surface area contributed by atoms with E-state index >= 15 is 0 Å². The lowest BCUT2D eigenvalue weighted by Gasteiger charge is -2.16. The van der Waals surface area contributed by atoms with Crippen LogP contribution >= 0.6 is 11.6 Å². The van der Waals surface area contributed by atoms with E-state index in [-0.39, 0.29) is 6.42 Å². The van der Waals surface area contributed by atoms with Gasteiger partial charge < -0.3 is 0 Å². The quantitative estimate of drug-likeness (QED) is 0.459. The maximum atomic E-state index is 13.6. The molecule has 1 atom stereocenters. The third-order valence-corrected chi connectivity index (χ3v) is 2.94. The highest BCUT2D eigenvalue weighted by Crippen LogP contribution is 2.32. The van der Waals surface area contributed by atoms with Crippen LogP contribution in [0.4, 0.5) is 4.39 Å². The van der Waals surface area contributed by atoms with Gasteiger partial charge in [-0.1, -0.05) is 35.9 Å². The van der Waals surface area contributed by atoms with Crippen molar-refractivity contribution in [2.75, 3.05) is 0 Å². The molecule has 1 aromatic carbocycles. The molecule has 5 heteroatoms. The van der Waals surface area contributed by atoms with Crippen LogP contribution < -0.4 is 0 Å². The molecule has 0 heterocycles. The maximum Gasteiger partial charge on any atom is 0.381 e. The molecular formula is C12H9ClFNO2. The van der Waals surface area contributed by atoms with Crippen molar-refractivity contribution in [1.82, 2.24) is 0 Å². The highest BCUT2D eigenvalue weighted by atomic mass is 35.5. The van der Waals surface area contributed by atoms with Crippen molar-refractivity contribution >= 4 is 17.2 Å². The fourth-order valence-electron chi connectivity index (χ4n) is 1.64. The highest BCUT2D eigenvalue weighted by molar-refractivity contribution is 6.32. The zero-order valence-corrected chi connectivity index (χ0v) is 9.52. The molecule has 0 bridgehead atoms. The van der Waals surface area contributed by atoms with E-state index in [0.29, 0.717) is 10.6 Å². The molecule has 0 saturated carbocycles. The molecule has 3 nitrogen and oxygen atoms in total. The molecule has 0 aliphatic heterocycles. The van der Waals surface area contributed by atoms with Gasteiger partial charge in [-0.2, -0.15) is 4.39 Å². The van der Waals surface area contributed by atoms with E-state index in [4.69, 9.17) is 11.6 Å². The second-order valence-electron chi connectivity index (χ2n) is 3.75. The number of allylic oxidation sites excluding steroid dienone is 2. The number of nitrogens with zero attached hydrogens (tertiary/aromatic N) is 1. The Kier molecular flexibility index (Phi) is 2.98. The molecule has 1 aliphatic rings. The third-order valence-electron chi connectivity index (χ3n) is 2.61. The summed E-state index contributed by atoms with van der Waals surface area (Å²) in [7, 11) is 0. The Morgan fingerprint density at radius 3 is 2.65 bits per heavy atom. The van der Waals surface area contributed by atoms with Crippen molar-refractivity contribution in [2.24, 2.45) is 0 Å². The minimum Gasteiger partial charge on any atom is -0.261 e. The van der Waals surface area contributed by atoms with Gasteiger partial charge >= 0.3 is 5.79 Å². The molecule has 0 N–H and O–H groups in total. The van der Waals surface area contributed by atoms with Crippen molar-refractivity contribution in [3.63, 3.8) is 0 Å². The van der Waals surface area contributed by atoms with Crippen LogP contribution in [-0.4, -0.2) is 10.7 Å². The SMILES string of the molecule is O=[N+]([O-])C1(F)C=CC(c2ccccc2Cl)=CC1. The van der Waals surface area contributed by atoms with Crippen LogP contribution in [0.25, 0.3) is 5.57 Å². The van der Waals surface area contributed by atoms with Crippen molar-refractivity contribution in [3.8, 4) is 0 Å². The normalized spacial score (nSPS) is 23.3. The first-order valence-corrected chi connectivity index (χ1v) is 5.38. The maximum absolute atomic E-state index is 13.6. The second kappa shape index (κ2) is 4.30. The summed E-state index contributed by atoms with van der Waals surface area (Å²) < 4.78 is 13.6. The Hall–Kier alpha value is -1.68. The number of alkyl halides is 1. The summed E-state index contributed by atoms with van der Waals surface area (Å²) in [6.45, 7) is 0. The summed E-state index contributed by atoms with van der Waals surface area (Å²) >= 11 is 5.99. The molecule has 0 aromatic heterocycles. The molecule has 88 valence electrons. The Balaban J connectivity index is 2.30.